The van der Waals surface area contributed by atoms with E-state index >= 15 is 0 Å². The van der Waals surface area contributed by atoms with Gasteiger partial charge in [-0.05, 0) is 44.6 Å². The van der Waals surface area contributed by atoms with Gasteiger partial charge in [0.2, 0.25) is 0 Å². The molecule has 0 aliphatic carbocycles. The lowest BCUT2D eigenvalue weighted by atomic mass is 10.0. The Labute approximate surface area is 134 Å². The summed E-state index contributed by atoms with van der Waals surface area (Å²) in [6.45, 7) is 1.62. The number of hydrogen-bond acceptors (Lipinski definition) is 5. The molecule has 0 spiro atoms. The summed E-state index contributed by atoms with van der Waals surface area (Å²) in [5.74, 6) is -0.142. The van der Waals surface area contributed by atoms with E-state index in [2.05, 4.69) is 11.9 Å². The third-order valence-corrected chi connectivity index (χ3v) is 4.58. The van der Waals surface area contributed by atoms with E-state index in [4.69, 9.17) is 9.94 Å². The number of benzene rings is 1. The van der Waals surface area contributed by atoms with Crippen LogP contribution in [0.3, 0.4) is 0 Å². The molecule has 2 heterocycles. The fourth-order valence-electron chi connectivity index (χ4n) is 3.19. The van der Waals surface area contributed by atoms with Gasteiger partial charge in [-0.1, -0.05) is 6.42 Å². The van der Waals surface area contributed by atoms with E-state index in [1.807, 2.05) is 0 Å². The molecule has 0 bridgehead atoms. The van der Waals surface area contributed by atoms with Crippen molar-refractivity contribution in [1.29, 1.82) is 0 Å². The fraction of sp³-hybridized carbons (Fsp3) is 0.500. The van der Waals surface area contributed by atoms with E-state index in [-0.39, 0.29) is 18.1 Å². The Kier molecular flexibility index (Phi) is 4.49. The lowest BCUT2D eigenvalue weighted by molar-refractivity contribution is -0.121. The van der Waals surface area contributed by atoms with Crippen LogP contribution < -0.4 is 15.1 Å². The second-order valence-corrected chi connectivity index (χ2v) is 6.05. The lowest BCUT2D eigenvalue weighted by Gasteiger charge is -2.38. The molecule has 7 nitrogen and oxygen atoms in total. The first kappa shape index (κ1) is 15.8. The molecule has 1 atom stereocenters. The van der Waals surface area contributed by atoms with Crippen molar-refractivity contribution < 1.29 is 19.5 Å². The number of likely N-dealkylation sites (tertiary alicyclic amines) is 1. The zero-order valence-electron chi connectivity index (χ0n) is 13.1. The van der Waals surface area contributed by atoms with Crippen LogP contribution in [0.1, 0.15) is 29.6 Å². The number of fused-ring (bicyclic) bond motifs is 1. The number of rotatable bonds is 3. The Morgan fingerprint density at radius 3 is 3.00 bits per heavy atom. The zero-order chi connectivity index (χ0) is 16.4. The second kappa shape index (κ2) is 6.55. The minimum absolute atomic E-state index is 0.00891. The van der Waals surface area contributed by atoms with Gasteiger partial charge < -0.3 is 14.5 Å². The van der Waals surface area contributed by atoms with Gasteiger partial charge in [0.25, 0.3) is 11.8 Å². The van der Waals surface area contributed by atoms with Gasteiger partial charge in [0.15, 0.2) is 6.61 Å². The molecule has 0 unspecified atom stereocenters. The minimum Gasteiger partial charge on any atom is -0.482 e. The van der Waals surface area contributed by atoms with Crippen LogP contribution in [0.2, 0.25) is 0 Å². The van der Waals surface area contributed by atoms with Crippen molar-refractivity contribution in [2.45, 2.75) is 25.3 Å². The van der Waals surface area contributed by atoms with Gasteiger partial charge in [0, 0.05) is 18.2 Å². The van der Waals surface area contributed by atoms with Crippen molar-refractivity contribution in [3.63, 3.8) is 0 Å². The summed E-state index contributed by atoms with van der Waals surface area (Å²) >= 11 is 0. The van der Waals surface area contributed by atoms with E-state index in [0.717, 1.165) is 19.4 Å². The maximum Gasteiger partial charge on any atom is 0.274 e. The molecular formula is C16H21N3O4. The molecule has 1 saturated heterocycles. The summed E-state index contributed by atoms with van der Waals surface area (Å²) in [4.78, 5) is 27.9. The molecule has 1 fully saturated rings. The van der Waals surface area contributed by atoms with Crippen LogP contribution in [-0.4, -0.2) is 54.7 Å². The first-order valence-corrected chi connectivity index (χ1v) is 7.82. The summed E-state index contributed by atoms with van der Waals surface area (Å²) in [5.41, 5.74) is 2.48. The van der Waals surface area contributed by atoms with Crippen molar-refractivity contribution >= 4 is 17.5 Å². The average Bonchev–Trinajstić information content (AvgIpc) is 2.58. The summed E-state index contributed by atoms with van der Waals surface area (Å²) in [7, 11) is 2.07. The monoisotopic (exact) mass is 319 g/mol. The number of anilines is 1. The highest BCUT2D eigenvalue weighted by molar-refractivity contribution is 6.01. The Bertz CT molecular complexity index is 619. The van der Waals surface area contributed by atoms with Crippen LogP contribution in [0.25, 0.3) is 0 Å². The van der Waals surface area contributed by atoms with Crippen LogP contribution >= 0.6 is 0 Å². The molecule has 1 aromatic carbocycles. The van der Waals surface area contributed by atoms with Crippen molar-refractivity contribution in [2.75, 3.05) is 31.6 Å². The van der Waals surface area contributed by atoms with Gasteiger partial charge in [-0.15, -0.1) is 0 Å². The molecule has 0 saturated carbocycles. The SMILES string of the molecule is CN1CCCC[C@H]1CN1C(=O)COc2ccc(C(=O)NO)cc21. The zero-order valence-corrected chi connectivity index (χ0v) is 13.1. The van der Waals surface area contributed by atoms with Gasteiger partial charge in [0.1, 0.15) is 5.75 Å². The highest BCUT2D eigenvalue weighted by atomic mass is 16.5. The van der Waals surface area contributed by atoms with E-state index in [1.165, 1.54) is 6.42 Å². The maximum atomic E-state index is 12.3. The van der Waals surface area contributed by atoms with Gasteiger partial charge in [-0.2, -0.15) is 0 Å². The molecule has 2 amide bonds. The van der Waals surface area contributed by atoms with E-state index in [1.54, 1.807) is 28.6 Å². The Morgan fingerprint density at radius 2 is 2.26 bits per heavy atom. The molecule has 23 heavy (non-hydrogen) atoms. The predicted octanol–water partition coefficient (Wildman–Crippen LogP) is 1.02. The van der Waals surface area contributed by atoms with Crippen molar-refractivity contribution in [3.8, 4) is 5.75 Å². The fourth-order valence-corrected chi connectivity index (χ4v) is 3.19. The standard InChI is InChI=1S/C16H21N3O4/c1-18-7-3-2-4-12(18)9-19-13-8-11(16(21)17-22)5-6-14(13)23-10-15(19)20/h5-6,8,12,22H,2-4,7,9-10H2,1H3,(H,17,21)/t12-/m0/s1. The Balaban J connectivity index is 1.88. The normalized spacial score (nSPS) is 21.6. The quantitative estimate of drug-likeness (QED) is 0.642. The number of carbonyl (C=O) groups is 2. The van der Waals surface area contributed by atoms with Crippen LogP contribution in [0.4, 0.5) is 5.69 Å². The van der Waals surface area contributed by atoms with Crippen molar-refractivity contribution in [1.82, 2.24) is 10.4 Å². The molecule has 0 aromatic heterocycles. The molecule has 2 aliphatic heterocycles. The Morgan fingerprint density at radius 1 is 1.43 bits per heavy atom. The molecule has 2 aliphatic rings. The van der Waals surface area contributed by atoms with Gasteiger partial charge in [0.05, 0.1) is 5.69 Å². The maximum absolute atomic E-state index is 12.3. The van der Waals surface area contributed by atoms with Crippen LogP contribution in [-0.2, 0) is 4.79 Å². The topological polar surface area (TPSA) is 82.1 Å². The summed E-state index contributed by atoms with van der Waals surface area (Å²) < 4.78 is 5.45. The largest absolute Gasteiger partial charge is 0.482 e. The number of amides is 2. The van der Waals surface area contributed by atoms with Gasteiger partial charge >= 0.3 is 0 Å². The number of hydroxylamine groups is 1. The molecule has 124 valence electrons. The summed E-state index contributed by atoms with van der Waals surface area (Å²) in [6, 6.07) is 5.10. The number of piperidine rings is 1. The van der Waals surface area contributed by atoms with Crippen molar-refractivity contribution in [2.24, 2.45) is 0 Å². The molecule has 2 N–H and O–H groups in total. The smallest absolute Gasteiger partial charge is 0.274 e. The molecular weight excluding hydrogens is 298 g/mol. The Hall–Kier alpha value is -2.12. The van der Waals surface area contributed by atoms with Crippen LogP contribution in [0.15, 0.2) is 18.2 Å². The van der Waals surface area contributed by atoms with E-state index in [0.29, 0.717) is 24.0 Å². The lowest BCUT2D eigenvalue weighted by Crippen LogP contribution is -2.49. The molecule has 3 rings (SSSR count). The average molecular weight is 319 g/mol. The molecule has 7 heteroatoms. The first-order valence-electron chi connectivity index (χ1n) is 7.82. The predicted molar refractivity (Wildman–Crippen MR) is 83.8 cm³/mol. The summed E-state index contributed by atoms with van der Waals surface area (Å²) in [6.07, 6.45) is 3.39. The number of likely N-dealkylation sites (N-methyl/N-ethyl adjacent to an activating group) is 1. The summed E-state index contributed by atoms with van der Waals surface area (Å²) in [5, 5.41) is 8.79. The first-order chi connectivity index (χ1) is 11.1. The van der Waals surface area contributed by atoms with Gasteiger partial charge in [-0.25, -0.2) is 5.48 Å². The number of ether oxygens (including phenoxy) is 1. The number of nitrogens with zero attached hydrogens (tertiary/aromatic N) is 2. The highest BCUT2D eigenvalue weighted by Crippen LogP contribution is 2.34. The highest BCUT2D eigenvalue weighted by Gasteiger charge is 2.30. The number of carbonyl (C=O) groups excluding carboxylic acids is 2. The third-order valence-electron chi connectivity index (χ3n) is 4.58. The third kappa shape index (κ3) is 3.16. The molecule has 1 aromatic rings. The van der Waals surface area contributed by atoms with Crippen LogP contribution in [0.5, 0.6) is 5.75 Å². The number of nitrogens with one attached hydrogen (secondary N) is 1. The minimum atomic E-state index is -0.611. The van der Waals surface area contributed by atoms with Crippen molar-refractivity contribution in [3.05, 3.63) is 23.8 Å². The van der Waals surface area contributed by atoms with Gasteiger partial charge in [-0.3, -0.25) is 14.8 Å². The van der Waals surface area contributed by atoms with E-state index in [9.17, 15) is 9.59 Å². The van der Waals surface area contributed by atoms with E-state index < -0.39 is 5.91 Å². The second-order valence-electron chi connectivity index (χ2n) is 6.05. The molecule has 0 radical (unpaired) electrons. The number of hydrogen-bond donors (Lipinski definition) is 2. The van der Waals surface area contributed by atoms with Crippen LogP contribution in [0, 0.1) is 0 Å².